The van der Waals surface area contributed by atoms with Crippen molar-refractivity contribution < 1.29 is 9.18 Å². The second-order valence-corrected chi connectivity index (χ2v) is 9.04. The molecule has 2 aromatic rings. The minimum Gasteiger partial charge on any atom is -0.365 e. The van der Waals surface area contributed by atoms with Crippen LogP contribution in [0, 0.1) is 11.7 Å². The number of allylic oxidation sites excluding steroid dienone is 1. The number of amides is 1. The molecule has 1 saturated carbocycles. The lowest BCUT2D eigenvalue weighted by atomic mass is 9.91. The van der Waals surface area contributed by atoms with E-state index in [2.05, 4.69) is 34.3 Å². The molecular weight excluding hydrogens is 393 g/mol. The number of fused-ring (bicyclic) bond motifs is 1. The van der Waals surface area contributed by atoms with Gasteiger partial charge in [0.15, 0.2) is 0 Å². The number of benzene rings is 1. The van der Waals surface area contributed by atoms with Crippen LogP contribution in [0.15, 0.2) is 45.7 Å². The Morgan fingerprint density at radius 1 is 1.35 bits per heavy atom. The Kier molecular flexibility index (Phi) is 6.34. The number of aromatic nitrogens is 2. The highest BCUT2D eigenvalue weighted by Gasteiger charge is 2.38. The summed E-state index contributed by atoms with van der Waals surface area (Å²) < 4.78 is 15.4. The Bertz CT molecular complexity index is 1080. The van der Waals surface area contributed by atoms with Gasteiger partial charge in [-0.05, 0) is 64.4 Å². The molecule has 3 rings (SSSR count). The largest absolute Gasteiger partial charge is 0.365 e. The fourth-order valence-corrected chi connectivity index (χ4v) is 3.71. The van der Waals surface area contributed by atoms with Gasteiger partial charge in [-0.15, -0.1) is 0 Å². The Morgan fingerprint density at radius 3 is 2.58 bits per heavy atom. The van der Waals surface area contributed by atoms with E-state index in [1.807, 2.05) is 34.7 Å². The average molecular weight is 426 g/mol. The van der Waals surface area contributed by atoms with E-state index in [0.29, 0.717) is 28.3 Å². The lowest BCUT2D eigenvalue weighted by molar-refractivity contribution is -0.117. The predicted molar refractivity (Wildman–Crippen MR) is 123 cm³/mol. The standard InChI is InChI=1S/C24H32FN5O/c1-14(2)20(22(26-6)29-24(5)10-11-24)21(15(3)4)23(31)27-13-19-28-17-9-8-16(25)12-18(17)30(19)7/h8-9,12,14,29H,6,10-11,13H2,1-5,7H3,(H,27,31)/b22-20-. The zero-order chi connectivity index (χ0) is 22.9. The van der Waals surface area contributed by atoms with Crippen LogP contribution in [0.4, 0.5) is 4.39 Å². The van der Waals surface area contributed by atoms with E-state index in [9.17, 15) is 9.18 Å². The highest BCUT2D eigenvalue weighted by atomic mass is 19.1. The summed E-state index contributed by atoms with van der Waals surface area (Å²) in [5.74, 6) is 0.892. The quantitative estimate of drug-likeness (QED) is 0.375. The first-order chi connectivity index (χ1) is 14.6. The van der Waals surface area contributed by atoms with Crippen molar-refractivity contribution in [3.8, 4) is 0 Å². The first-order valence-corrected chi connectivity index (χ1v) is 10.6. The molecule has 1 fully saturated rings. The third-order valence-corrected chi connectivity index (χ3v) is 5.75. The highest BCUT2D eigenvalue weighted by molar-refractivity contribution is 5.98. The van der Waals surface area contributed by atoms with Crippen LogP contribution in [0.5, 0.6) is 0 Å². The van der Waals surface area contributed by atoms with Gasteiger partial charge in [0.2, 0.25) is 0 Å². The predicted octanol–water partition coefficient (Wildman–Crippen LogP) is 4.38. The molecule has 7 heteroatoms. The van der Waals surface area contributed by atoms with Gasteiger partial charge in [-0.2, -0.15) is 0 Å². The van der Waals surface area contributed by atoms with Gasteiger partial charge < -0.3 is 15.2 Å². The number of nitrogens with zero attached hydrogens (tertiary/aromatic N) is 3. The molecule has 1 aromatic heterocycles. The van der Waals surface area contributed by atoms with Crippen molar-refractivity contribution in [2.24, 2.45) is 18.0 Å². The van der Waals surface area contributed by atoms with Crippen LogP contribution < -0.4 is 10.6 Å². The average Bonchev–Trinajstić information content (AvgIpc) is 3.35. The van der Waals surface area contributed by atoms with Crippen molar-refractivity contribution >= 4 is 23.7 Å². The van der Waals surface area contributed by atoms with Crippen molar-refractivity contribution in [3.05, 3.63) is 52.4 Å². The molecule has 0 saturated heterocycles. The Balaban J connectivity index is 1.89. The normalized spacial score (nSPS) is 15.5. The summed E-state index contributed by atoms with van der Waals surface area (Å²) >= 11 is 0. The van der Waals surface area contributed by atoms with Gasteiger partial charge in [0.05, 0.1) is 17.6 Å². The molecule has 0 radical (unpaired) electrons. The summed E-state index contributed by atoms with van der Waals surface area (Å²) in [5.41, 5.74) is 3.76. The van der Waals surface area contributed by atoms with Crippen LogP contribution in [-0.4, -0.2) is 27.7 Å². The van der Waals surface area contributed by atoms with E-state index in [1.165, 1.54) is 12.1 Å². The number of carbonyl (C=O) groups is 1. The molecular formula is C24H32FN5O. The van der Waals surface area contributed by atoms with E-state index in [1.54, 1.807) is 10.6 Å². The molecule has 1 aliphatic carbocycles. The zero-order valence-electron chi connectivity index (χ0n) is 19.3. The minimum absolute atomic E-state index is 0.0161. The molecule has 0 spiro atoms. The Hall–Kier alpha value is -2.96. The SMILES string of the molecule is C=N/C(NC1(C)CC1)=C(/C(C(=O)NCc1nc2ccc(F)cc2n1C)=C(C)C)C(C)C. The Labute approximate surface area is 183 Å². The number of hydrogen-bond donors (Lipinski definition) is 2. The zero-order valence-corrected chi connectivity index (χ0v) is 19.3. The first kappa shape index (κ1) is 22.7. The van der Waals surface area contributed by atoms with Crippen LogP contribution in [0.3, 0.4) is 0 Å². The van der Waals surface area contributed by atoms with Crippen LogP contribution >= 0.6 is 0 Å². The van der Waals surface area contributed by atoms with Crippen molar-refractivity contribution in [2.75, 3.05) is 0 Å². The topological polar surface area (TPSA) is 71.3 Å². The summed E-state index contributed by atoms with van der Waals surface area (Å²) in [7, 11) is 1.82. The number of aryl methyl sites for hydroxylation is 1. The molecule has 31 heavy (non-hydrogen) atoms. The van der Waals surface area contributed by atoms with Gasteiger partial charge in [0.1, 0.15) is 17.5 Å². The molecule has 1 aliphatic rings. The van der Waals surface area contributed by atoms with Gasteiger partial charge >= 0.3 is 0 Å². The molecule has 6 nitrogen and oxygen atoms in total. The number of halogens is 1. The van der Waals surface area contributed by atoms with Crippen LogP contribution in [0.1, 0.15) is 53.3 Å². The third kappa shape index (κ3) is 4.86. The van der Waals surface area contributed by atoms with E-state index in [0.717, 1.165) is 24.0 Å². The number of hydrogen-bond acceptors (Lipinski definition) is 4. The summed E-state index contributed by atoms with van der Waals surface area (Å²) in [6.45, 7) is 14.1. The maximum atomic E-state index is 13.6. The van der Waals surface area contributed by atoms with E-state index < -0.39 is 0 Å². The number of imidazole rings is 1. The van der Waals surface area contributed by atoms with Crippen LogP contribution in [0.25, 0.3) is 11.0 Å². The number of aliphatic imine (C=N–C) groups is 1. The molecule has 0 aliphatic heterocycles. The molecule has 2 N–H and O–H groups in total. The van der Waals surface area contributed by atoms with Gasteiger partial charge in [0, 0.05) is 23.7 Å². The van der Waals surface area contributed by atoms with Gasteiger partial charge in [-0.25, -0.2) is 14.4 Å². The Morgan fingerprint density at radius 2 is 2.03 bits per heavy atom. The minimum atomic E-state index is -0.314. The summed E-state index contributed by atoms with van der Waals surface area (Å²) in [6, 6.07) is 4.47. The maximum Gasteiger partial charge on any atom is 0.252 e. The fourth-order valence-electron chi connectivity index (χ4n) is 3.71. The summed E-state index contributed by atoms with van der Waals surface area (Å²) in [4.78, 5) is 22.1. The second-order valence-electron chi connectivity index (χ2n) is 9.04. The van der Waals surface area contributed by atoms with Crippen molar-refractivity contribution in [3.63, 3.8) is 0 Å². The molecule has 0 bridgehead atoms. The van der Waals surface area contributed by atoms with Crippen molar-refractivity contribution in [2.45, 2.75) is 59.5 Å². The summed E-state index contributed by atoms with van der Waals surface area (Å²) in [5, 5.41) is 6.47. The van der Waals surface area contributed by atoms with Crippen LogP contribution in [-0.2, 0) is 18.4 Å². The number of carbonyl (C=O) groups excluding carboxylic acids is 1. The molecule has 0 atom stereocenters. The highest BCUT2D eigenvalue weighted by Crippen LogP contribution is 2.37. The van der Waals surface area contributed by atoms with Gasteiger partial charge in [-0.1, -0.05) is 19.4 Å². The first-order valence-electron chi connectivity index (χ1n) is 10.6. The fraction of sp³-hybridized carbons (Fsp3) is 0.458. The van der Waals surface area contributed by atoms with Crippen molar-refractivity contribution in [1.29, 1.82) is 0 Å². The second kappa shape index (κ2) is 8.65. The summed E-state index contributed by atoms with van der Waals surface area (Å²) in [6.07, 6.45) is 2.14. The van der Waals surface area contributed by atoms with Gasteiger partial charge in [-0.3, -0.25) is 4.79 Å². The lowest BCUT2D eigenvalue weighted by Gasteiger charge is -2.23. The molecule has 0 unspecified atom stereocenters. The number of rotatable bonds is 8. The number of nitrogens with one attached hydrogen (secondary N) is 2. The van der Waals surface area contributed by atoms with E-state index in [-0.39, 0.29) is 29.7 Å². The molecule has 1 heterocycles. The van der Waals surface area contributed by atoms with Crippen molar-refractivity contribution in [1.82, 2.24) is 20.2 Å². The lowest BCUT2D eigenvalue weighted by Crippen LogP contribution is -2.32. The molecule has 166 valence electrons. The third-order valence-electron chi connectivity index (χ3n) is 5.75. The maximum absolute atomic E-state index is 13.6. The molecule has 1 amide bonds. The van der Waals surface area contributed by atoms with E-state index >= 15 is 0 Å². The van der Waals surface area contributed by atoms with Crippen LogP contribution in [0.2, 0.25) is 0 Å². The van der Waals surface area contributed by atoms with E-state index in [4.69, 9.17) is 0 Å². The molecule has 1 aromatic carbocycles. The smallest absolute Gasteiger partial charge is 0.252 e. The monoisotopic (exact) mass is 425 g/mol. The van der Waals surface area contributed by atoms with Gasteiger partial charge in [0.25, 0.3) is 5.91 Å².